The molecule has 0 saturated carbocycles. The van der Waals surface area contributed by atoms with E-state index in [0.29, 0.717) is 36.9 Å². The van der Waals surface area contributed by atoms with Crippen molar-refractivity contribution in [2.45, 2.75) is 33.4 Å². The molecule has 0 atom stereocenters. The number of carbonyl (C=O) groups is 2. The largest absolute Gasteiger partial charge is 0.330 e. The second kappa shape index (κ2) is 11.5. The molecular formula is C24H27Cl2N5O2. The molecule has 2 aliphatic heterocycles. The summed E-state index contributed by atoms with van der Waals surface area (Å²) in [5, 5.41) is 10.2. The van der Waals surface area contributed by atoms with Crippen molar-refractivity contribution in [2.24, 2.45) is 5.92 Å². The number of aromatic nitrogens is 2. The van der Waals surface area contributed by atoms with Crippen LogP contribution in [-0.2, 0) is 24.3 Å². The average molecular weight is 488 g/mol. The third-order valence-electron chi connectivity index (χ3n) is 5.70. The van der Waals surface area contributed by atoms with Crippen molar-refractivity contribution in [1.82, 2.24) is 19.4 Å². The van der Waals surface area contributed by atoms with Crippen LogP contribution in [0.1, 0.15) is 35.7 Å². The highest BCUT2D eigenvalue weighted by atomic mass is 35.5. The highest BCUT2D eigenvalue weighted by Gasteiger charge is 2.25. The SMILES string of the molecule is CC(=O)c1cnc2n1CCN(C(=O)/C=C/CN1CC(C#N)C1)C2.CCc1ccc(Cl)cc1Cl. The van der Waals surface area contributed by atoms with Gasteiger partial charge in [-0.25, -0.2) is 4.98 Å². The maximum absolute atomic E-state index is 12.2. The van der Waals surface area contributed by atoms with Crippen LogP contribution < -0.4 is 0 Å². The third kappa shape index (κ3) is 6.44. The van der Waals surface area contributed by atoms with Crippen molar-refractivity contribution in [1.29, 1.82) is 5.26 Å². The van der Waals surface area contributed by atoms with Crippen molar-refractivity contribution in [3.63, 3.8) is 0 Å². The van der Waals surface area contributed by atoms with Gasteiger partial charge in [-0.3, -0.25) is 14.5 Å². The predicted octanol–water partition coefficient (Wildman–Crippen LogP) is 4.00. The molecule has 7 nitrogen and oxygen atoms in total. The molecule has 1 aromatic carbocycles. The second-order valence-corrected chi connectivity index (χ2v) is 8.91. The molecule has 1 fully saturated rings. The number of imidazole rings is 1. The zero-order chi connectivity index (χ0) is 24.0. The number of carbonyl (C=O) groups excluding carboxylic acids is 2. The number of likely N-dealkylation sites (tertiary alicyclic amines) is 1. The average Bonchev–Trinajstić information content (AvgIpc) is 3.19. The van der Waals surface area contributed by atoms with E-state index in [-0.39, 0.29) is 17.6 Å². The number of hydrogen-bond acceptors (Lipinski definition) is 5. The highest BCUT2D eigenvalue weighted by Crippen LogP contribution is 2.21. The summed E-state index contributed by atoms with van der Waals surface area (Å²) in [7, 11) is 0. The summed E-state index contributed by atoms with van der Waals surface area (Å²) in [4.78, 5) is 31.8. The van der Waals surface area contributed by atoms with Gasteiger partial charge >= 0.3 is 0 Å². The number of aryl methyl sites for hydroxylation is 1. The Morgan fingerprint density at radius 1 is 1.27 bits per heavy atom. The lowest BCUT2D eigenvalue weighted by Crippen LogP contribution is -2.45. The zero-order valence-electron chi connectivity index (χ0n) is 18.8. The molecule has 2 aliphatic rings. The maximum Gasteiger partial charge on any atom is 0.246 e. The molecule has 4 rings (SSSR count). The number of Topliss-reactive ketones (excluding diaryl/α,β-unsaturated/α-hetero) is 1. The number of fused-ring (bicyclic) bond motifs is 1. The van der Waals surface area contributed by atoms with E-state index in [2.05, 4.69) is 22.9 Å². The monoisotopic (exact) mass is 487 g/mol. The lowest BCUT2D eigenvalue weighted by Gasteiger charge is -2.34. The Morgan fingerprint density at radius 3 is 2.67 bits per heavy atom. The van der Waals surface area contributed by atoms with Crippen LogP contribution in [0, 0.1) is 17.2 Å². The summed E-state index contributed by atoms with van der Waals surface area (Å²) in [5.74, 6) is 0.841. The molecule has 2 aromatic rings. The minimum Gasteiger partial charge on any atom is -0.330 e. The van der Waals surface area contributed by atoms with Gasteiger partial charge in [0.15, 0.2) is 5.78 Å². The molecule has 9 heteroatoms. The summed E-state index contributed by atoms with van der Waals surface area (Å²) in [6.45, 7) is 7.45. The van der Waals surface area contributed by atoms with Crippen LogP contribution in [0.25, 0.3) is 0 Å². The van der Waals surface area contributed by atoms with Crippen LogP contribution in [0.15, 0.2) is 36.5 Å². The molecule has 174 valence electrons. The first-order valence-electron chi connectivity index (χ1n) is 10.9. The predicted molar refractivity (Wildman–Crippen MR) is 128 cm³/mol. The van der Waals surface area contributed by atoms with Gasteiger partial charge in [0.25, 0.3) is 0 Å². The molecule has 1 saturated heterocycles. The van der Waals surface area contributed by atoms with E-state index in [1.807, 2.05) is 22.8 Å². The fourth-order valence-electron chi connectivity index (χ4n) is 3.75. The fourth-order valence-corrected chi connectivity index (χ4v) is 4.29. The van der Waals surface area contributed by atoms with Crippen LogP contribution in [0.3, 0.4) is 0 Å². The number of rotatable bonds is 5. The Bertz CT molecular complexity index is 1080. The van der Waals surface area contributed by atoms with Crippen molar-refractivity contribution >= 4 is 34.9 Å². The smallest absolute Gasteiger partial charge is 0.246 e. The molecule has 0 N–H and O–H groups in total. The van der Waals surface area contributed by atoms with Gasteiger partial charge in [0.2, 0.25) is 5.91 Å². The molecule has 0 bridgehead atoms. The summed E-state index contributed by atoms with van der Waals surface area (Å²) < 4.78 is 1.89. The number of benzene rings is 1. The molecule has 0 unspecified atom stereocenters. The number of halogens is 2. The van der Waals surface area contributed by atoms with Gasteiger partial charge in [0.05, 0.1) is 24.7 Å². The number of hydrogen-bond donors (Lipinski definition) is 0. The van der Waals surface area contributed by atoms with Gasteiger partial charge in [0.1, 0.15) is 11.5 Å². The molecule has 3 heterocycles. The zero-order valence-corrected chi connectivity index (χ0v) is 20.3. The van der Waals surface area contributed by atoms with Gasteiger partial charge in [-0.15, -0.1) is 0 Å². The van der Waals surface area contributed by atoms with E-state index in [4.69, 9.17) is 28.5 Å². The fraction of sp³-hybridized carbons (Fsp3) is 0.417. The Morgan fingerprint density at radius 2 is 2.03 bits per heavy atom. The molecule has 1 amide bonds. The highest BCUT2D eigenvalue weighted by molar-refractivity contribution is 6.35. The van der Waals surface area contributed by atoms with Crippen LogP contribution in [0.4, 0.5) is 0 Å². The minimum atomic E-state index is -0.0408. The van der Waals surface area contributed by atoms with Gasteiger partial charge in [-0.05, 0) is 24.1 Å². The molecule has 0 spiro atoms. The summed E-state index contributed by atoms with van der Waals surface area (Å²) in [5.41, 5.74) is 1.75. The third-order valence-corrected chi connectivity index (χ3v) is 6.28. The van der Waals surface area contributed by atoms with Crippen LogP contribution in [0.2, 0.25) is 10.0 Å². The van der Waals surface area contributed by atoms with E-state index < -0.39 is 0 Å². The van der Waals surface area contributed by atoms with Crippen molar-refractivity contribution < 1.29 is 9.59 Å². The number of amides is 1. The lowest BCUT2D eigenvalue weighted by molar-refractivity contribution is -0.127. The van der Waals surface area contributed by atoms with Crippen LogP contribution >= 0.6 is 23.2 Å². The van der Waals surface area contributed by atoms with E-state index in [9.17, 15) is 9.59 Å². The molecule has 33 heavy (non-hydrogen) atoms. The van der Waals surface area contributed by atoms with Crippen molar-refractivity contribution in [3.8, 4) is 6.07 Å². The Labute approximate surface area is 204 Å². The molecule has 0 aliphatic carbocycles. The van der Waals surface area contributed by atoms with Crippen molar-refractivity contribution in [3.05, 3.63) is 63.7 Å². The van der Waals surface area contributed by atoms with Gasteiger partial charge in [0, 0.05) is 55.8 Å². The normalized spacial score (nSPS) is 15.9. The molecular weight excluding hydrogens is 461 g/mol. The van der Waals surface area contributed by atoms with Gasteiger partial charge in [-0.2, -0.15) is 5.26 Å². The Hall–Kier alpha value is -2.66. The van der Waals surface area contributed by atoms with E-state index in [1.165, 1.54) is 6.92 Å². The Kier molecular flexibility index (Phi) is 8.67. The summed E-state index contributed by atoms with van der Waals surface area (Å²) >= 11 is 11.5. The first kappa shape index (κ1) is 25.0. The van der Waals surface area contributed by atoms with Gasteiger partial charge in [-0.1, -0.05) is 42.3 Å². The van der Waals surface area contributed by atoms with E-state index in [1.54, 1.807) is 23.2 Å². The first-order valence-corrected chi connectivity index (χ1v) is 11.6. The summed E-state index contributed by atoms with van der Waals surface area (Å²) in [6, 6.07) is 7.80. The lowest BCUT2D eigenvalue weighted by atomic mass is 10.0. The first-order chi connectivity index (χ1) is 15.8. The standard InChI is InChI=1S/C16H19N5O2.C8H8Cl2/c1-12(22)14-8-18-15-11-20(5-6-21(14)15)16(23)3-2-4-19-9-13(7-17)10-19;1-2-6-3-4-7(9)5-8(6)10/h2-3,8,13H,4-6,9-11H2,1H3;3-5H,2H2,1H3/b3-2+;. The number of nitrogens with zero attached hydrogens (tertiary/aromatic N) is 5. The van der Waals surface area contributed by atoms with E-state index >= 15 is 0 Å². The Balaban J connectivity index is 0.000000257. The molecule has 1 aromatic heterocycles. The molecule has 0 radical (unpaired) electrons. The quantitative estimate of drug-likeness (QED) is 0.470. The number of nitriles is 1. The van der Waals surface area contributed by atoms with Crippen LogP contribution in [0.5, 0.6) is 0 Å². The van der Waals surface area contributed by atoms with Crippen molar-refractivity contribution in [2.75, 3.05) is 26.2 Å². The van der Waals surface area contributed by atoms with Gasteiger partial charge < -0.3 is 9.47 Å². The second-order valence-electron chi connectivity index (χ2n) is 8.06. The summed E-state index contributed by atoms with van der Waals surface area (Å²) in [6.07, 6.45) is 5.97. The van der Waals surface area contributed by atoms with Crippen LogP contribution in [-0.4, -0.2) is 57.2 Å². The number of ketones is 1. The van der Waals surface area contributed by atoms with E-state index in [0.717, 1.165) is 35.9 Å². The topological polar surface area (TPSA) is 82.2 Å². The maximum atomic E-state index is 12.2. The minimum absolute atomic E-state index is 0.00589.